The molecule has 0 aliphatic rings. The van der Waals surface area contributed by atoms with E-state index in [-0.39, 0.29) is 12.2 Å². The van der Waals surface area contributed by atoms with Gasteiger partial charge in [-0.1, -0.05) is 6.07 Å². The Morgan fingerprint density at radius 1 is 1.35 bits per heavy atom. The Balaban J connectivity index is 2.07. The second kappa shape index (κ2) is 6.47. The second-order valence-corrected chi connectivity index (χ2v) is 4.85. The first-order valence-electron chi connectivity index (χ1n) is 5.70. The number of carbonyl (C=O) groups excluding carboxylic acids is 1. The third-order valence-electron chi connectivity index (χ3n) is 2.52. The molecule has 1 aromatic carbocycles. The molecule has 0 saturated heterocycles. The predicted octanol–water partition coefficient (Wildman–Crippen LogP) is 3.35. The van der Waals surface area contributed by atoms with Crippen LogP contribution in [0.15, 0.2) is 41.1 Å². The normalized spacial score (nSPS) is 10.2. The summed E-state index contributed by atoms with van der Waals surface area (Å²) in [7, 11) is 1.21. The first-order valence-corrected chi connectivity index (χ1v) is 6.49. The summed E-state index contributed by atoms with van der Waals surface area (Å²) in [6.45, 7) is 0.177. The zero-order valence-corrected chi connectivity index (χ0v) is 12.2. The maximum atomic E-state index is 13.7. The molecule has 1 aromatic heterocycles. The number of halogens is 2. The van der Waals surface area contributed by atoms with Gasteiger partial charge in [0.2, 0.25) is 0 Å². The van der Waals surface area contributed by atoms with Crippen molar-refractivity contribution >= 4 is 21.9 Å². The van der Waals surface area contributed by atoms with Crippen LogP contribution in [0.2, 0.25) is 0 Å². The molecule has 0 saturated carbocycles. The van der Waals surface area contributed by atoms with Gasteiger partial charge < -0.3 is 9.47 Å². The van der Waals surface area contributed by atoms with Gasteiger partial charge in [0.05, 0.1) is 18.9 Å². The highest BCUT2D eigenvalue weighted by Crippen LogP contribution is 2.18. The van der Waals surface area contributed by atoms with Gasteiger partial charge in [-0.05, 0) is 39.7 Å². The summed E-state index contributed by atoms with van der Waals surface area (Å²) in [5.41, 5.74) is 0.510. The number of aromatic nitrogens is 1. The fourth-order valence-corrected chi connectivity index (χ4v) is 1.91. The number of nitrogens with zero attached hydrogens (tertiary/aromatic N) is 1. The van der Waals surface area contributed by atoms with Crippen LogP contribution < -0.4 is 4.74 Å². The Hall–Kier alpha value is -1.95. The Bertz CT molecular complexity index is 634. The maximum absolute atomic E-state index is 13.7. The van der Waals surface area contributed by atoms with E-state index in [0.717, 1.165) is 4.47 Å². The standard InChI is InChI=1S/C14H11BrFNO3/c1-19-14(18)12-3-2-9(4-13(12)16)8-20-11-5-10(15)6-17-7-11/h2-7H,8H2,1H3. The molecule has 2 aromatic rings. The number of esters is 1. The van der Waals surface area contributed by atoms with Crippen LogP contribution in [-0.4, -0.2) is 18.1 Å². The molecule has 20 heavy (non-hydrogen) atoms. The quantitative estimate of drug-likeness (QED) is 0.801. The molecular weight excluding hydrogens is 329 g/mol. The van der Waals surface area contributed by atoms with Gasteiger partial charge in [-0.3, -0.25) is 4.98 Å². The molecule has 0 radical (unpaired) electrons. The van der Waals surface area contributed by atoms with E-state index in [9.17, 15) is 9.18 Å². The van der Waals surface area contributed by atoms with Crippen molar-refractivity contribution in [2.24, 2.45) is 0 Å². The topological polar surface area (TPSA) is 48.4 Å². The number of ether oxygens (including phenoxy) is 2. The minimum absolute atomic E-state index is 0.0969. The van der Waals surface area contributed by atoms with Crippen molar-refractivity contribution in [2.45, 2.75) is 6.61 Å². The molecule has 0 N–H and O–H groups in total. The summed E-state index contributed by atoms with van der Waals surface area (Å²) in [5, 5.41) is 0. The largest absolute Gasteiger partial charge is 0.487 e. The van der Waals surface area contributed by atoms with Crippen LogP contribution in [0.4, 0.5) is 4.39 Å². The van der Waals surface area contributed by atoms with E-state index in [2.05, 4.69) is 25.7 Å². The van der Waals surface area contributed by atoms with Crippen LogP contribution in [0.25, 0.3) is 0 Å². The van der Waals surface area contributed by atoms with Gasteiger partial charge in [-0.25, -0.2) is 9.18 Å². The molecule has 0 amide bonds. The van der Waals surface area contributed by atoms with E-state index in [1.807, 2.05) is 0 Å². The minimum atomic E-state index is -0.703. The molecule has 0 aliphatic carbocycles. The lowest BCUT2D eigenvalue weighted by Crippen LogP contribution is -2.05. The molecule has 0 spiro atoms. The number of benzene rings is 1. The zero-order chi connectivity index (χ0) is 14.5. The lowest BCUT2D eigenvalue weighted by molar-refractivity contribution is 0.0595. The minimum Gasteiger partial charge on any atom is -0.487 e. The van der Waals surface area contributed by atoms with Crippen molar-refractivity contribution in [3.8, 4) is 5.75 Å². The number of hydrogen-bond donors (Lipinski definition) is 0. The van der Waals surface area contributed by atoms with Crippen molar-refractivity contribution in [1.82, 2.24) is 4.98 Å². The van der Waals surface area contributed by atoms with Gasteiger partial charge in [0.15, 0.2) is 0 Å². The second-order valence-electron chi connectivity index (χ2n) is 3.93. The predicted molar refractivity (Wildman–Crippen MR) is 74.0 cm³/mol. The van der Waals surface area contributed by atoms with E-state index in [1.54, 1.807) is 24.5 Å². The number of pyridine rings is 1. The van der Waals surface area contributed by atoms with Crippen molar-refractivity contribution in [3.63, 3.8) is 0 Å². The summed E-state index contributed by atoms with van der Waals surface area (Å²) < 4.78 is 24.4. The monoisotopic (exact) mass is 339 g/mol. The highest BCUT2D eigenvalue weighted by atomic mass is 79.9. The van der Waals surface area contributed by atoms with Crippen LogP contribution >= 0.6 is 15.9 Å². The van der Waals surface area contributed by atoms with Crippen LogP contribution in [0.1, 0.15) is 15.9 Å². The molecule has 1 heterocycles. The summed E-state index contributed by atoms with van der Waals surface area (Å²) in [5.74, 6) is -0.770. The van der Waals surface area contributed by atoms with Crippen molar-refractivity contribution < 1.29 is 18.7 Å². The summed E-state index contributed by atoms with van der Waals surface area (Å²) in [4.78, 5) is 15.2. The lowest BCUT2D eigenvalue weighted by atomic mass is 10.1. The number of hydrogen-bond acceptors (Lipinski definition) is 4. The van der Waals surface area contributed by atoms with E-state index in [1.165, 1.54) is 19.2 Å². The van der Waals surface area contributed by atoms with E-state index in [4.69, 9.17) is 4.74 Å². The van der Waals surface area contributed by atoms with Gasteiger partial charge in [0.25, 0.3) is 0 Å². The summed E-state index contributed by atoms with van der Waals surface area (Å²) in [6.07, 6.45) is 3.20. The molecule has 0 bridgehead atoms. The average molecular weight is 340 g/mol. The Morgan fingerprint density at radius 2 is 2.15 bits per heavy atom. The maximum Gasteiger partial charge on any atom is 0.340 e. The van der Waals surface area contributed by atoms with E-state index < -0.39 is 11.8 Å². The highest BCUT2D eigenvalue weighted by Gasteiger charge is 2.12. The van der Waals surface area contributed by atoms with Gasteiger partial charge in [-0.2, -0.15) is 0 Å². The fourth-order valence-electron chi connectivity index (χ4n) is 1.56. The third-order valence-corrected chi connectivity index (χ3v) is 2.96. The Labute approximate surface area is 123 Å². The number of methoxy groups -OCH3 is 1. The van der Waals surface area contributed by atoms with Gasteiger partial charge >= 0.3 is 5.97 Å². The first kappa shape index (κ1) is 14.5. The van der Waals surface area contributed by atoms with Crippen LogP contribution in [-0.2, 0) is 11.3 Å². The smallest absolute Gasteiger partial charge is 0.340 e. The van der Waals surface area contributed by atoms with Gasteiger partial charge in [0.1, 0.15) is 18.2 Å². The lowest BCUT2D eigenvalue weighted by Gasteiger charge is -2.07. The third kappa shape index (κ3) is 3.54. The molecular formula is C14H11BrFNO3. The van der Waals surface area contributed by atoms with Crippen molar-refractivity contribution in [2.75, 3.05) is 7.11 Å². The summed E-state index contributed by atoms with van der Waals surface area (Å²) in [6, 6.07) is 5.99. The molecule has 0 unspecified atom stereocenters. The number of carbonyl (C=O) groups is 1. The molecule has 4 nitrogen and oxygen atoms in total. The van der Waals surface area contributed by atoms with Crippen LogP contribution in [0.5, 0.6) is 5.75 Å². The van der Waals surface area contributed by atoms with Crippen LogP contribution in [0, 0.1) is 5.82 Å². The molecule has 6 heteroatoms. The van der Waals surface area contributed by atoms with Crippen molar-refractivity contribution in [1.29, 1.82) is 0 Å². The van der Waals surface area contributed by atoms with Crippen molar-refractivity contribution in [3.05, 3.63) is 58.1 Å². The highest BCUT2D eigenvalue weighted by molar-refractivity contribution is 9.10. The molecule has 104 valence electrons. The SMILES string of the molecule is COC(=O)c1ccc(COc2cncc(Br)c2)cc1F. The van der Waals surface area contributed by atoms with Crippen LogP contribution in [0.3, 0.4) is 0 Å². The zero-order valence-electron chi connectivity index (χ0n) is 10.6. The summed E-state index contributed by atoms with van der Waals surface area (Å²) >= 11 is 3.28. The van der Waals surface area contributed by atoms with E-state index >= 15 is 0 Å². The van der Waals surface area contributed by atoms with E-state index in [0.29, 0.717) is 11.3 Å². The molecule has 0 atom stereocenters. The Kier molecular flexibility index (Phi) is 4.68. The average Bonchev–Trinajstić information content (AvgIpc) is 2.44. The van der Waals surface area contributed by atoms with Gasteiger partial charge in [0, 0.05) is 10.7 Å². The number of rotatable bonds is 4. The molecule has 0 aliphatic heterocycles. The molecule has 2 rings (SSSR count). The van der Waals surface area contributed by atoms with Gasteiger partial charge in [-0.15, -0.1) is 0 Å². The molecule has 0 fully saturated rings. The Morgan fingerprint density at radius 3 is 2.80 bits per heavy atom. The fraction of sp³-hybridized carbons (Fsp3) is 0.143. The first-order chi connectivity index (χ1) is 9.60.